The number of rotatable bonds is 8. The highest BCUT2D eigenvalue weighted by atomic mass is 16.7. The molecule has 1 amide bonds. The number of nitrogens with one attached hydrogen (secondary N) is 1. The van der Waals surface area contributed by atoms with E-state index in [1.54, 1.807) is 27.4 Å². The van der Waals surface area contributed by atoms with E-state index in [4.69, 9.17) is 23.7 Å². The van der Waals surface area contributed by atoms with Gasteiger partial charge in [-0.25, -0.2) is 0 Å². The third kappa shape index (κ3) is 4.19. The molecule has 0 saturated heterocycles. The van der Waals surface area contributed by atoms with Gasteiger partial charge in [-0.1, -0.05) is 6.07 Å². The predicted molar refractivity (Wildman–Crippen MR) is 98.8 cm³/mol. The third-order valence-corrected chi connectivity index (χ3v) is 4.34. The van der Waals surface area contributed by atoms with Gasteiger partial charge in [-0.2, -0.15) is 0 Å². The molecule has 7 heteroatoms. The maximum Gasteiger partial charge on any atom is 0.231 e. The minimum atomic E-state index is -0.0514. The molecule has 144 valence electrons. The van der Waals surface area contributed by atoms with Crippen molar-refractivity contribution in [3.8, 4) is 28.7 Å². The molecule has 1 aliphatic heterocycles. The Morgan fingerprint density at radius 1 is 1.00 bits per heavy atom. The lowest BCUT2D eigenvalue weighted by Crippen LogP contribution is -2.23. The van der Waals surface area contributed by atoms with Gasteiger partial charge in [-0.15, -0.1) is 0 Å². The van der Waals surface area contributed by atoms with Crippen molar-refractivity contribution in [2.45, 2.75) is 19.4 Å². The molecule has 2 aromatic rings. The average molecular weight is 373 g/mol. The fourth-order valence-electron chi connectivity index (χ4n) is 2.94. The summed E-state index contributed by atoms with van der Waals surface area (Å²) in [5.74, 6) is 3.04. The molecule has 27 heavy (non-hydrogen) atoms. The molecule has 0 atom stereocenters. The standard InChI is InChI=1S/C20H23NO6/c1-23-16-8-6-14(19(24-2)20(16)25-3)11-21-18(22)9-5-13-4-7-15-17(10-13)27-12-26-15/h4,6-8,10H,5,9,11-12H2,1-3H3,(H,21,22). The lowest BCUT2D eigenvalue weighted by atomic mass is 10.1. The van der Waals surface area contributed by atoms with E-state index < -0.39 is 0 Å². The monoisotopic (exact) mass is 373 g/mol. The first-order chi connectivity index (χ1) is 13.2. The molecule has 0 bridgehead atoms. The Hall–Kier alpha value is -3.09. The largest absolute Gasteiger partial charge is 0.493 e. The summed E-state index contributed by atoms with van der Waals surface area (Å²) in [5.41, 5.74) is 1.84. The van der Waals surface area contributed by atoms with Gasteiger partial charge >= 0.3 is 0 Å². The Kier molecular flexibility index (Phi) is 5.90. The Labute approximate surface area is 158 Å². The molecular weight excluding hydrogens is 350 g/mol. The lowest BCUT2D eigenvalue weighted by Gasteiger charge is -2.16. The second kappa shape index (κ2) is 8.53. The fraction of sp³-hybridized carbons (Fsp3) is 0.350. The zero-order valence-corrected chi connectivity index (χ0v) is 15.7. The minimum Gasteiger partial charge on any atom is -0.493 e. The minimum absolute atomic E-state index is 0.0514. The van der Waals surface area contributed by atoms with Crippen LogP contribution in [0.2, 0.25) is 0 Å². The molecule has 2 aromatic carbocycles. The van der Waals surface area contributed by atoms with Crippen LogP contribution in [0.25, 0.3) is 0 Å². The van der Waals surface area contributed by atoms with E-state index >= 15 is 0 Å². The number of carbonyl (C=O) groups is 1. The van der Waals surface area contributed by atoms with Crippen LogP contribution in [0.3, 0.4) is 0 Å². The average Bonchev–Trinajstić information content (AvgIpc) is 3.17. The number of amides is 1. The molecule has 0 unspecified atom stereocenters. The number of carbonyl (C=O) groups excluding carboxylic acids is 1. The molecule has 0 saturated carbocycles. The van der Waals surface area contributed by atoms with Gasteiger partial charge in [-0.3, -0.25) is 4.79 Å². The second-order valence-electron chi connectivity index (χ2n) is 5.96. The highest BCUT2D eigenvalue weighted by molar-refractivity contribution is 5.76. The van der Waals surface area contributed by atoms with E-state index in [-0.39, 0.29) is 12.7 Å². The molecule has 0 aliphatic carbocycles. The quantitative estimate of drug-likeness (QED) is 0.767. The van der Waals surface area contributed by atoms with Crippen LogP contribution in [-0.4, -0.2) is 34.0 Å². The molecule has 1 N–H and O–H groups in total. The molecule has 1 aliphatic rings. The van der Waals surface area contributed by atoms with Crippen LogP contribution in [0.15, 0.2) is 30.3 Å². The van der Waals surface area contributed by atoms with Gasteiger partial charge < -0.3 is 29.0 Å². The maximum absolute atomic E-state index is 12.2. The van der Waals surface area contributed by atoms with Crippen molar-refractivity contribution in [3.63, 3.8) is 0 Å². The normalized spacial score (nSPS) is 11.8. The Morgan fingerprint density at radius 3 is 2.52 bits per heavy atom. The van der Waals surface area contributed by atoms with Crippen LogP contribution in [0.1, 0.15) is 17.5 Å². The third-order valence-electron chi connectivity index (χ3n) is 4.34. The van der Waals surface area contributed by atoms with Gasteiger partial charge in [0.05, 0.1) is 21.3 Å². The number of methoxy groups -OCH3 is 3. The molecular formula is C20H23NO6. The van der Waals surface area contributed by atoms with Crippen molar-refractivity contribution < 1.29 is 28.5 Å². The van der Waals surface area contributed by atoms with Crippen LogP contribution in [-0.2, 0) is 17.8 Å². The number of benzene rings is 2. The van der Waals surface area contributed by atoms with E-state index in [1.165, 1.54) is 0 Å². The van der Waals surface area contributed by atoms with Gasteiger partial charge in [0.2, 0.25) is 18.4 Å². The summed E-state index contributed by atoms with van der Waals surface area (Å²) in [7, 11) is 4.67. The summed E-state index contributed by atoms with van der Waals surface area (Å²) >= 11 is 0. The summed E-state index contributed by atoms with van der Waals surface area (Å²) in [6, 6.07) is 9.35. The van der Waals surface area contributed by atoms with Crippen molar-refractivity contribution in [2.24, 2.45) is 0 Å². The molecule has 0 radical (unpaired) electrons. The summed E-state index contributed by atoms with van der Waals surface area (Å²) in [5, 5.41) is 2.91. The van der Waals surface area contributed by atoms with Crippen LogP contribution in [0, 0.1) is 0 Å². The van der Waals surface area contributed by atoms with Gasteiger partial charge in [-0.05, 0) is 36.2 Å². The fourth-order valence-corrected chi connectivity index (χ4v) is 2.94. The Morgan fingerprint density at radius 2 is 1.78 bits per heavy atom. The van der Waals surface area contributed by atoms with Crippen molar-refractivity contribution in [1.82, 2.24) is 5.32 Å². The smallest absolute Gasteiger partial charge is 0.231 e. The number of hydrogen-bond acceptors (Lipinski definition) is 6. The molecule has 0 fully saturated rings. The predicted octanol–water partition coefficient (Wildman–Crippen LogP) is 2.69. The first kappa shape index (κ1) is 18.7. The number of ether oxygens (including phenoxy) is 5. The second-order valence-corrected chi connectivity index (χ2v) is 5.96. The van der Waals surface area contributed by atoms with E-state index in [2.05, 4.69) is 5.32 Å². The summed E-state index contributed by atoms with van der Waals surface area (Å²) in [6.45, 7) is 0.579. The van der Waals surface area contributed by atoms with Crippen LogP contribution in [0.4, 0.5) is 0 Å². The maximum atomic E-state index is 12.2. The zero-order valence-electron chi connectivity index (χ0n) is 15.7. The van der Waals surface area contributed by atoms with Crippen molar-refractivity contribution in [3.05, 3.63) is 41.5 Å². The van der Waals surface area contributed by atoms with Crippen LogP contribution >= 0.6 is 0 Å². The Balaban J connectivity index is 1.57. The van der Waals surface area contributed by atoms with E-state index in [0.717, 1.165) is 22.6 Å². The van der Waals surface area contributed by atoms with Crippen molar-refractivity contribution >= 4 is 5.91 Å². The Bertz CT molecular complexity index is 820. The molecule has 0 spiro atoms. The van der Waals surface area contributed by atoms with Crippen molar-refractivity contribution in [1.29, 1.82) is 0 Å². The summed E-state index contributed by atoms with van der Waals surface area (Å²) in [6.07, 6.45) is 0.987. The van der Waals surface area contributed by atoms with E-state index in [0.29, 0.717) is 36.6 Å². The van der Waals surface area contributed by atoms with Crippen LogP contribution in [0.5, 0.6) is 28.7 Å². The molecule has 3 rings (SSSR count). The highest BCUT2D eigenvalue weighted by Crippen LogP contribution is 2.39. The SMILES string of the molecule is COc1ccc(CNC(=O)CCc2ccc3c(c2)OCO3)c(OC)c1OC. The summed E-state index contributed by atoms with van der Waals surface area (Å²) in [4.78, 5) is 12.2. The first-order valence-corrected chi connectivity index (χ1v) is 8.59. The van der Waals surface area contributed by atoms with Gasteiger partial charge in [0, 0.05) is 18.5 Å². The van der Waals surface area contributed by atoms with Crippen molar-refractivity contribution in [2.75, 3.05) is 28.1 Å². The topological polar surface area (TPSA) is 75.3 Å². The number of fused-ring (bicyclic) bond motifs is 1. The number of aryl methyl sites for hydroxylation is 1. The number of hydrogen-bond donors (Lipinski definition) is 1. The van der Waals surface area contributed by atoms with E-state index in [1.807, 2.05) is 24.3 Å². The highest BCUT2D eigenvalue weighted by Gasteiger charge is 2.17. The lowest BCUT2D eigenvalue weighted by molar-refractivity contribution is -0.121. The molecule has 1 heterocycles. The van der Waals surface area contributed by atoms with Gasteiger partial charge in [0.1, 0.15) is 0 Å². The summed E-state index contributed by atoms with van der Waals surface area (Å²) < 4.78 is 26.7. The zero-order chi connectivity index (χ0) is 19.2. The molecule has 0 aromatic heterocycles. The van der Waals surface area contributed by atoms with Crippen LogP contribution < -0.4 is 29.0 Å². The van der Waals surface area contributed by atoms with Gasteiger partial charge in [0.25, 0.3) is 0 Å². The van der Waals surface area contributed by atoms with Gasteiger partial charge in [0.15, 0.2) is 23.0 Å². The molecule has 7 nitrogen and oxygen atoms in total. The van der Waals surface area contributed by atoms with E-state index in [9.17, 15) is 4.79 Å². The first-order valence-electron chi connectivity index (χ1n) is 8.59.